The van der Waals surface area contributed by atoms with Gasteiger partial charge in [0.15, 0.2) is 11.5 Å². The van der Waals surface area contributed by atoms with E-state index in [9.17, 15) is 5.11 Å². The number of ether oxygens (including phenoxy) is 1. The van der Waals surface area contributed by atoms with Crippen molar-refractivity contribution < 1.29 is 9.84 Å². The molecule has 0 amide bonds. The summed E-state index contributed by atoms with van der Waals surface area (Å²) in [5.74, 6) is 1.02. The second-order valence-electron chi connectivity index (χ2n) is 6.64. The molecule has 0 radical (unpaired) electrons. The van der Waals surface area contributed by atoms with E-state index < -0.39 is 8.07 Å². The molecule has 0 aliphatic carbocycles. The Kier molecular flexibility index (Phi) is 2.82. The molecule has 0 bridgehead atoms. The lowest BCUT2D eigenvalue weighted by Gasteiger charge is -2.20. The van der Waals surface area contributed by atoms with Crippen LogP contribution in [0, 0.1) is 0 Å². The summed E-state index contributed by atoms with van der Waals surface area (Å²) in [6.07, 6.45) is 1.17. The molecule has 0 saturated heterocycles. The normalized spacial score (nSPS) is 18.4. The Labute approximate surface area is 115 Å². The summed E-state index contributed by atoms with van der Waals surface area (Å²) in [6.45, 7) is 7.07. The van der Waals surface area contributed by atoms with E-state index in [2.05, 4.69) is 25.7 Å². The minimum absolute atomic E-state index is 0.240. The zero-order chi connectivity index (χ0) is 13.6. The molecule has 1 unspecified atom stereocenters. The molecule has 1 aliphatic rings. The van der Waals surface area contributed by atoms with Crippen LogP contribution in [0.2, 0.25) is 25.7 Å². The van der Waals surface area contributed by atoms with Gasteiger partial charge in [0.2, 0.25) is 0 Å². The minimum atomic E-state index is -1.14. The molecular formula is C16H20O2Si. The summed E-state index contributed by atoms with van der Waals surface area (Å²) in [4.78, 5) is 0. The van der Waals surface area contributed by atoms with Gasteiger partial charge in [0.05, 0.1) is 0 Å². The molecule has 0 fully saturated rings. The van der Waals surface area contributed by atoms with E-state index in [1.54, 1.807) is 0 Å². The molecule has 3 heteroatoms. The molecule has 2 nitrogen and oxygen atoms in total. The van der Waals surface area contributed by atoms with Crippen LogP contribution in [-0.2, 0) is 6.42 Å². The fourth-order valence-corrected chi connectivity index (χ4v) is 4.49. The number of aromatic hydroxyl groups is 1. The minimum Gasteiger partial charge on any atom is -0.504 e. The average Bonchev–Trinajstić information content (AvgIpc) is 2.69. The van der Waals surface area contributed by atoms with E-state index in [1.165, 1.54) is 0 Å². The third kappa shape index (κ3) is 2.35. The van der Waals surface area contributed by atoms with Gasteiger partial charge in [-0.25, -0.2) is 0 Å². The fourth-order valence-electron chi connectivity index (χ4n) is 2.90. The second kappa shape index (κ2) is 4.27. The first-order valence-electron chi connectivity index (χ1n) is 6.84. The Balaban J connectivity index is 1.99. The molecule has 0 saturated carbocycles. The summed E-state index contributed by atoms with van der Waals surface area (Å²) in [7, 11) is -1.14. The predicted octanol–water partition coefficient (Wildman–Crippen LogP) is 4.19. The fraction of sp³-hybridized carbons (Fsp3) is 0.375. The van der Waals surface area contributed by atoms with Crippen molar-refractivity contribution in [2.24, 2.45) is 0 Å². The largest absolute Gasteiger partial charge is 0.504 e. The highest BCUT2D eigenvalue weighted by atomic mass is 28.3. The van der Waals surface area contributed by atoms with Crippen LogP contribution in [0.5, 0.6) is 11.5 Å². The van der Waals surface area contributed by atoms with Crippen LogP contribution >= 0.6 is 0 Å². The first-order chi connectivity index (χ1) is 8.94. The highest BCUT2D eigenvalue weighted by molar-refractivity contribution is 6.76. The predicted molar refractivity (Wildman–Crippen MR) is 81.9 cm³/mol. The molecule has 19 heavy (non-hydrogen) atoms. The van der Waals surface area contributed by atoms with Crippen LogP contribution < -0.4 is 4.74 Å². The van der Waals surface area contributed by atoms with Crippen molar-refractivity contribution in [3.05, 3.63) is 35.9 Å². The Morgan fingerprint density at radius 1 is 1.26 bits per heavy atom. The van der Waals surface area contributed by atoms with Gasteiger partial charge in [0.1, 0.15) is 6.10 Å². The third-order valence-electron chi connectivity index (χ3n) is 3.62. The molecule has 2 aromatic carbocycles. The van der Waals surface area contributed by atoms with Gasteiger partial charge in [-0.05, 0) is 17.5 Å². The van der Waals surface area contributed by atoms with Crippen molar-refractivity contribution in [3.63, 3.8) is 0 Å². The van der Waals surface area contributed by atoms with Gasteiger partial charge < -0.3 is 9.84 Å². The lowest BCUT2D eigenvalue weighted by Crippen LogP contribution is -2.29. The van der Waals surface area contributed by atoms with Gasteiger partial charge in [-0.1, -0.05) is 43.9 Å². The van der Waals surface area contributed by atoms with Gasteiger partial charge in [0.25, 0.3) is 0 Å². The first kappa shape index (κ1) is 12.5. The molecule has 100 valence electrons. The molecule has 0 aromatic heterocycles. The van der Waals surface area contributed by atoms with Crippen LogP contribution in [0.3, 0.4) is 0 Å². The number of hydrogen-bond donors (Lipinski definition) is 1. The van der Waals surface area contributed by atoms with E-state index >= 15 is 0 Å². The van der Waals surface area contributed by atoms with Crippen LogP contribution in [0.1, 0.15) is 5.56 Å². The van der Waals surface area contributed by atoms with Crippen LogP contribution in [-0.4, -0.2) is 19.3 Å². The van der Waals surface area contributed by atoms with Crippen molar-refractivity contribution in [3.8, 4) is 11.5 Å². The summed E-state index contributed by atoms with van der Waals surface area (Å²) in [5, 5.41) is 12.4. The molecule has 0 spiro atoms. The number of rotatable bonds is 2. The van der Waals surface area contributed by atoms with Crippen molar-refractivity contribution in [2.75, 3.05) is 0 Å². The molecule has 2 aromatic rings. The molecule has 3 rings (SSSR count). The highest BCUT2D eigenvalue weighted by Gasteiger charge is 2.30. The van der Waals surface area contributed by atoms with Crippen molar-refractivity contribution >= 4 is 18.8 Å². The van der Waals surface area contributed by atoms with Crippen molar-refractivity contribution in [1.29, 1.82) is 0 Å². The number of hydrogen-bond acceptors (Lipinski definition) is 2. The molecule has 1 heterocycles. The summed E-state index contributed by atoms with van der Waals surface area (Å²) in [6, 6.07) is 11.2. The van der Waals surface area contributed by atoms with Crippen LogP contribution in [0.25, 0.3) is 10.8 Å². The Morgan fingerprint density at radius 3 is 2.74 bits per heavy atom. The van der Waals surface area contributed by atoms with E-state index in [-0.39, 0.29) is 6.10 Å². The van der Waals surface area contributed by atoms with Gasteiger partial charge in [-0.3, -0.25) is 0 Å². The maximum Gasteiger partial charge on any atom is 0.165 e. The zero-order valence-corrected chi connectivity index (χ0v) is 12.7. The number of phenols is 1. The van der Waals surface area contributed by atoms with E-state index in [4.69, 9.17) is 4.74 Å². The maximum absolute atomic E-state index is 10.4. The molecular weight excluding hydrogens is 252 g/mol. The van der Waals surface area contributed by atoms with Gasteiger partial charge in [-0.2, -0.15) is 0 Å². The smallest absolute Gasteiger partial charge is 0.165 e. The van der Waals surface area contributed by atoms with Crippen LogP contribution in [0.4, 0.5) is 0 Å². The Morgan fingerprint density at radius 2 is 2.00 bits per heavy atom. The lowest BCUT2D eigenvalue weighted by atomic mass is 10.0. The van der Waals surface area contributed by atoms with E-state index in [1.807, 2.05) is 24.3 Å². The first-order valence-corrected chi connectivity index (χ1v) is 10.5. The third-order valence-corrected chi connectivity index (χ3v) is 5.30. The van der Waals surface area contributed by atoms with E-state index in [0.29, 0.717) is 11.5 Å². The van der Waals surface area contributed by atoms with Gasteiger partial charge in [0, 0.05) is 25.4 Å². The number of benzene rings is 2. The highest BCUT2D eigenvalue weighted by Crippen LogP contribution is 2.43. The maximum atomic E-state index is 10.4. The van der Waals surface area contributed by atoms with Gasteiger partial charge >= 0.3 is 0 Å². The molecule has 1 aliphatic heterocycles. The van der Waals surface area contributed by atoms with Gasteiger partial charge in [-0.15, -0.1) is 0 Å². The summed E-state index contributed by atoms with van der Waals surface area (Å²) in [5.41, 5.74) is 1.15. The SMILES string of the molecule is C[Si](C)(C)CC1Cc2cc3ccccc3c(O)c2O1. The van der Waals surface area contributed by atoms with Crippen molar-refractivity contribution in [1.82, 2.24) is 0 Å². The number of fused-ring (bicyclic) bond motifs is 2. The lowest BCUT2D eigenvalue weighted by molar-refractivity contribution is 0.244. The average molecular weight is 272 g/mol. The van der Waals surface area contributed by atoms with Crippen molar-refractivity contribution in [2.45, 2.75) is 38.2 Å². The molecule has 1 atom stereocenters. The van der Waals surface area contributed by atoms with Crippen LogP contribution in [0.15, 0.2) is 30.3 Å². The van der Waals surface area contributed by atoms with E-state index in [0.717, 1.165) is 28.8 Å². The quantitative estimate of drug-likeness (QED) is 0.831. The topological polar surface area (TPSA) is 29.5 Å². The summed E-state index contributed by atoms with van der Waals surface area (Å²) < 4.78 is 6.01. The molecule has 1 N–H and O–H groups in total. The Bertz CT molecular complexity index is 628. The zero-order valence-electron chi connectivity index (χ0n) is 11.7. The Hall–Kier alpha value is -1.48. The summed E-state index contributed by atoms with van der Waals surface area (Å²) >= 11 is 0. The standard InChI is InChI=1S/C16H20O2Si/c1-19(2,3)10-13-9-12-8-11-6-4-5-7-14(11)15(17)16(12)18-13/h4-8,13,17H,9-10H2,1-3H3. The number of phenolic OH excluding ortho intramolecular Hbond substituents is 1. The second-order valence-corrected chi connectivity index (χ2v) is 12.2. The monoisotopic (exact) mass is 272 g/mol.